The molecule has 0 heterocycles. The van der Waals surface area contributed by atoms with E-state index in [4.69, 9.17) is 5.73 Å². The monoisotopic (exact) mass is 284 g/mol. The number of carbonyl (C=O) groups excluding carboxylic acids is 1. The van der Waals surface area contributed by atoms with Gasteiger partial charge in [-0.3, -0.25) is 4.79 Å². The normalized spacial score (nSPS) is 24.8. The van der Waals surface area contributed by atoms with Gasteiger partial charge in [0.2, 0.25) is 0 Å². The molecule has 1 aromatic carbocycles. The molecule has 0 saturated heterocycles. The van der Waals surface area contributed by atoms with E-state index < -0.39 is 0 Å². The number of carbonyl (C=O) groups is 1. The van der Waals surface area contributed by atoms with Crippen LogP contribution in [0.25, 0.3) is 0 Å². The second-order valence-electron chi connectivity index (χ2n) is 6.14. The molecule has 112 valence electrons. The van der Waals surface area contributed by atoms with Crippen molar-refractivity contribution in [3.05, 3.63) is 35.4 Å². The molecular formula is C18H24N2O. The topological polar surface area (TPSA) is 55.1 Å². The van der Waals surface area contributed by atoms with E-state index in [1.165, 1.54) is 6.42 Å². The van der Waals surface area contributed by atoms with E-state index in [0.29, 0.717) is 23.9 Å². The molecule has 2 atom stereocenters. The van der Waals surface area contributed by atoms with Gasteiger partial charge in [-0.25, -0.2) is 0 Å². The fraction of sp³-hybridized carbons (Fsp3) is 0.500. The lowest BCUT2D eigenvalue weighted by molar-refractivity contribution is 0.0911. The lowest BCUT2D eigenvalue weighted by atomic mass is 9.80. The minimum absolute atomic E-state index is 0.0248. The highest BCUT2D eigenvalue weighted by Crippen LogP contribution is 2.28. The minimum atomic E-state index is -0.0248. The SMILES string of the molecule is CC1CC(C)CC(NC(=O)c2ccccc2C#CCN)C1. The van der Waals surface area contributed by atoms with Crippen LogP contribution in [0.1, 0.15) is 49.0 Å². The Kier molecular flexibility index (Phi) is 5.41. The summed E-state index contributed by atoms with van der Waals surface area (Å²) in [6, 6.07) is 7.72. The zero-order chi connectivity index (χ0) is 15.2. The average molecular weight is 284 g/mol. The number of nitrogens with one attached hydrogen (secondary N) is 1. The van der Waals surface area contributed by atoms with Gasteiger partial charge in [0.25, 0.3) is 5.91 Å². The highest BCUT2D eigenvalue weighted by atomic mass is 16.1. The predicted molar refractivity (Wildman–Crippen MR) is 85.8 cm³/mol. The third kappa shape index (κ3) is 4.34. The molecule has 0 radical (unpaired) electrons. The summed E-state index contributed by atoms with van der Waals surface area (Å²) in [6.45, 7) is 4.82. The number of amides is 1. The van der Waals surface area contributed by atoms with Crippen LogP contribution in [0.15, 0.2) is 24.3 Å². The molecule has 1 aliphatic rings. The molecule has 1 amide bonds. The Hall–Kier alpha value is -1.79. The predicted octanol–water partition coefficient (Wildman–Crippen LogP) is 2.55. The maximum Gasteiger partial charge on any atom is 0.252 e. The molecule has 0 aliphatic heterocycles. The molecule has 1 fully saturated rings. The molecule has 0 bridgehead atoms. The first-order valence-electron chi connectivity index (χ1n) is 7.69. The first kappa shape index (κ1) is 15.6. The molecule has 0 aromatic heterocycles. The number of rotatable bonds is 2. The Labute approximate surface area is 127 Å². The molecule has 21 heavy (non-hydrogen) atoms. The Morgan fingerprint density at radius 2 is 1.90 bits per heavy atom. The standard InChI is InChI=1S/C18H24N2O/c1-13-10-14(2)12-16(11-13)20-18(21)17-8-4-3-6-15(17)7-5-9-19/h3-4,6,8,13-14,16H,9-12,19H2,1-2H3,(H,20,21). The molecule has 1 aliphatic carbocycles. The van der Waals surface area contributed by atoms with E-state index in [-0.39, 0.29) is 11.9 Å². The van der Waals surface area contributed by atoms with Gasteiger partial charge in [-0.15, -0.1) is 0 Å². The van der Waals surface area contributed by atoms with Crippen LogP contribution in [0.2, 0.25) is 0 Å². The average Bonchev–Trinajstić information content (AvgIpc) is 2.44. The summed E-state index contributed by atoms with van der Waals surface area (Å²) >= 11 is 0. The third-order valence-electron chi connectivity index (χ3n) is 4.01. The van der Waals surface area contributed by atoms with E-state index in [1.807, 2.05) is 24.3 Å². The van der Waals surface area contributed by atoms with Gasteiger partial charge < -0.3 is 11.1 Å². The molecular weight excluding hydrogens is 260 g/mol. The maximum atomic E-state index is 12.5. The van der Waals surface area contributed by atoms with E-state index in [2.05, 4.69) is 31.0 Å². The fourth-order valence-corrected chi connectivity index (χ4v) is 3.26. The van der Waals surface area contributed by atoms with Crippen molar-refractivity contribution in [2.75, 3.05) is 6.54 Å². The molecule has 3 heteroatoms. The quantitative estimate of drug-likeness (QED) is 0.820. The van der Waals surface area contributed by atoms with Gasteiger partial charge >= 0.3 is 0 Å². The summed E-state index contributed by atoms with van der Waals surface area (Å²) in [5.74, 6) is 7.11. The lowest BCUT2D eigenvalue weighted by Gasteiger charge is -2.32. The van der Waals surface area contributed by atoms with Gasteiger partial charge in [0, 0.05) is 11.6 Å². The Balaban J connectivity index is 2.10. The lowest BCUT2D eigenvalue weighted by Crippen LogP contribution is -2.40. The van der Waals surface area contributed by atoms with Crippen molar-refractivity contribution in [2.45, 2.75) is 39.2 Å². The van der Waals surface area contributed by atoms with Gasteiger partial charge in [-0.1, -0.05) is 37.8 Å². The molecule has 2 unspecified atom stereocenters. The van der Waals surface area contributed by atoms with Gasteiger partial charge in [0.05, 0.1) is 12.1 Å². The molecule has 2 rings (SSSR count). The minimum Gasteiger partial charge on any atom is -0.349 e. The van der Waals surface area contributed by atoms with Crippen LogP contribution in [0.5, 0.6) is 0 Å². The summed E-state index contributed by atoms with van der Waals surface area (Å²) in [4.78, 5) is 12.5. The van der Waals surface area contributed by atoms with Crippen LogP contribution in [0.3, 0.4) is 0 Å². The highest BCUT2D eigenvalue weighted by molar-refractivity contribution is 5.96. The fourth-order valence-electron chi connectivity index (χ4n) is 3.26. The highest BCUT2D eigenvalue weighted by Gasteiger charge is 2.25. The number of benzene rings is 1. The number of hydrogen-bond acceptors (Lipinski definition) is 2. The second-order valence-corrected chi connectivity index (χ2v) is 6.14. The smallest absolute Gasteiger partial charge is 0.252 e. The van der Waals surface area contributed by atoms with Crippen LogP contribution in [-0.2, 0) is 0 Å². The van der Waals surface area contributed by atoms with Crippen molar-refractivity contribution in [3.63, 3.8) is 0 Å². The van der Waals surface area contributed by atoms with E-state index in [9.17, 15) is 4.79 Å². The van der Waals surface area contributed by atoms with Crippen molar-refractivity contribution in [2.24, 2.45) is 17.6 Å². The summed E-state index contributed by atoms with van der Waals surface area (Å²) in [5, 5.41) is 3.17. The summed E-state index contributed by atoms with van der Waals surface area (Å²) in [7, 11) is 0. The number of hydrogen-bond donors (Lipinski definition) is 2. The molecule has 0 spiro atoms. The van der Waals surface area contributed by atoms with Crippen LogP contribution in [0, 0.1) is 23.7 Å². The van der Waals surface area contributed by atoms with E-state index >= 15 is 0 Å². The van der Waals surface area contributed by atoms with Crippen LogP contribution < -0.4 is 11.1 Å². The Morgan fingerprint density at radius 1 is 1.24 bits per heavy atom. The summed E-state index contributed by atoms with van der Waals surface area (Å²) in [6.07, 6.45) is 3.38. The van der Waals surface area contributed by atoms with Crippen LogP contribution in [-0.4, -0.2) is 18.5 Å². The van der Waals surface area contributed by atoms with Gasteiger partial charge in [0.1, 0.15) is 0 Å². The van der Waals surface area contributed by atoms with E-state index in [1.54, 1.807) is 0 Å². The Bertz CT molecular complexity index is 546. The summed E-state index contributed by atoms with van der Waals surface area (Å²) in [5.41, 5.74) is 6.80. The van der Waals surface area contributed by atoms with Crippen molar-refractivity contribution in [1.82, 2.24) is 5.32 Å². The van der Waals surface area contributed by atoms with Gasteiger partial charge in [-0.2, -0.15) is 0 Å². The van der Waals surface area contributed by atoms with Crippen LogP contribution in [0.4, 0.5) is 0 Å². The first-order valence-corrected chi connectivity index (χ1v) is 7.69. The van der Waals surface area contributed by atoms with Crippen molar-refractivity contribution >= 4 is 5.91 Å². The van der Waals surface area contributed by atoms with Gasteiger partial charge in [0.15, 0.2) is 0 Å². The molecule has 3 nitrogen and oxygen atoms in total. The molecule has 1 saturated carbocycles. The largest absolute Gasteiger partial charge is 0.349 e. The molecule has 3 N–H and O–H groups in total. The third-order valence-corrected chi connectivity index (χ3v) is 4.01. The van der Waals surface area contributed by atoms with Crippen molar-refractivity contribution < 1.29 is 4.79 Å². The summed E-state index contributed by atoms with van der Waals surface area (Å²) < 4.78 is 0. The van der Waals surface area contributed by atoms with E-state index in [0.717, 1.165) is 18.4 Å². The maximum absolute atomic E-state index is 12.5. The number of nitrogens with two attached hydrogens (primary N) is 1. The van der Waals surface area contributed by atoms with Crippen molar-refractivity contribution in [3.8, 4) is 11.8 Å². The first-order chi connectivity index (χ1) is 10.1. The zero-order valence-corrected chi connectivity index (χ0v) is 12.9. The van der Waals surface area contributed by atoms with Crippen molar-refractivity contribution in [1.29, 1.82) is 0 Å². The zero-order valence-electron chi connectivity index (χ0n) is 12.9. The molecule has 1 aromatic rings. The van der Waals surface area contributed by atoms with Gasteiger partial charge in [-0.05, 0) is 43.2 Å². The van der Waals surface area contributed by atoms with Crippen LogP contribution >= 0.6 is 0 Å². The second kappa shape index (κ2) is 7.28. The Morgan fingerprint density at radius 3 is 2.57 bits per heavy atom.